The minimum atomic E-state index is 0.116. The molecule has 3 rings (SSSR count). The van der Waals surface area contributed by atoms with Gasteiger partial charge in [0.05, 0.1) is 0 Å². The first-order valence-electron chi connectivity index (χ1n) is 6.54. The molecule has 1 heterocycles. The van der Waals surface area contributed by atoms with Crippen molar-refractivity contribution < 1.29 is 9.36 Å². The summed E-state index contributed by atoms with van der Waals surface area (Å²) in [5.41, 5.74) is 3.90. The van der Waals surface area contributed by atoms with Crippen molar-refractivity contribution in [1.82, 2.24) is 0 Å². The zero-order valence-corrected chi connectivity index (χ0v) is 13.6. The molecule has 0 bridgehead atoms. The molecule has 0 amide bonds. The fourth-order valence-electron chi connectivity index (χ4n) is 2.06. The second-order valence-corrected chi connectivity index (χ2v) is 6.49. The number of carbonyl (C=O) groups excluding carboxylic acids is 1. The van der Waals surface area contributed by atoms with E-state index < -0.39 is 0 Å². The van der Waals surface area contributed by atoms with Crippen molar-refractivity contribution in [2.24, 2.45) is 0 Å². The number of thiazole rings is 1. The van der Waals surface area contributed by atoms with Crippen LogP contribution in [0, 0.1) is 0 Å². The van der Waals surface area contributed by atoms with E-state index in [0.717, 1.165) is 10.0 Å². The average molecular weight is 359 g/mol. The van der Waals surface area contributed by atoms with Crippen LogP contribution in [0.1, 0.15) is 10.4 Å². The maximum absolute atomic E-state index is 12.2. The largest absolute Gasteiger partial charge is 0.287 e. The van der Waals surface area contributed by atoms with Gasteiger partial charge in [0.15, 0.2) is 6.20 Å². The van der Waals surface area contributed by atoms with Gasteiger partial charge in [-0.1, -0.05) is 69.7 Å². The monoisotopic (exact) mass is 358 g/mol. The summed E-state index contributed by atoms with van der Waals surface area (Å²) in [6.07, 6.45) is 2.02. The van der Waals surface area contributed by atoms with Gasteiger partial charge in [0.1, 0.15) is 4.88 Å². The first-order chi connectivity index (χ1) is 10.2. The number of ketones is 1. The Morgan fingerprint density at radius 2 is 1.76 bits per heavy atom. The lowest BCUT2D eigenvalue weighted by atomic mass is 10.1. The van der Waals surface area contributed by atoms with Crippen molar-refractivity contribution in [3.8, 4) is 10.4 Å². The summed E-state index contributed by atoms with van der Waals surface area (Å²) in [5.74, 6) is 0.116. The normalized spacial score (nSPS) is 10.5. The highest BCUT2D eigenvalue weighted by molar-refractivity contribution is 9.10. The van der Waals surface area contributed by atoms with E-state index in [1.165, 1.54) is 10.4 Å². The van der Waals surface area contributed by atoms with Gasteiger partial charge in [0.2, 0.25) is 17.8 Å². The highest BCUT2D eigenvalue weighted by Gasteiger charge is 2.15. The maximum Gasteiger partial charge on any atom is 0.227 e. The molecule has 0 aliphatic heterocycles. The molecule has 3 aromatic rings. The Bertz CT molecular complexity index is 750. The van der Waals surface area contributed by atoms with E-state index in [1.807, 2.05) is 58.7 Å². The summed E-state index contributed by atoms with van der Waals surface area (Å²) in [6, 6.07) is 17.7. The van der Waals surface area contributed by atoms with E-state index in [0.29, 0.717) is 6.54 Å². The van der Waals surface area contributed by atoms with Crippen LogP contribution in [0.25, 0.3) is 10.4 Å². The number of carbonyl (C=O) groups is 1. The molecule has 0 N–H and O–H groups in total. The van der Waals surface area contributed by atoms with E-state index in [4.69, 9.17) is 0 Å². The third kappa shape index (κ3) is 3.46. The minimum absolute atomic E-state index is 0.116. The molecule has 2 nitrogen and oxygen atoms in total. The molecule has 1 aromatic heterocycles. The lowest BCUT2D eigenvalue weighted by Gasteiger charge is -1.97. The van der Waals surface area contributed by atoms with Gasteiger partial charge >= 0.3 is 0 Å². The minimum Gasteiger partial charge on any atom is -0.287 e. The fraction of sp³-hybridized carbons (Fsp3) is 0.0588. The van der Waals surface area contributed by atoms with Gasteiger partial charge in [-0.2, -0.15) is 4.57 Å². The van der Waals surface area contributed by atoms with Crippen molar-refractivity contribution in [2.75, 3.05) is 0 Å². The lowest BCUT2D eigenvalue weighted by Crippen LogP contribution is -2.35. The van der Waals surface area contributed by atoms with E-state index in [9.17, 15) is 4.79 Å². The SMILES string of the molecule is O=C(C[n+]1csc(-c2ccccc2)c1)c1ccc(Br)cc1. The van der Waals surface area contributed by atoms with Crippen LogP contribution in [0.4, 0.5) is 0 Å². The number of halogens is 1. The van der Waals surface area contributed by atoms with Crippen molar-refractivity contribution in [3.63, 3.8) is 0 Å². The average Bonchev–Trinajstić information content (AvgIpc) is 2.97. The number of hydrogen-bond acceptors (Lipinski definition) is 2. The van der Waals surface area contributed by atoms with Gasteiger partial charge in [0.25, 0.3) is 0 Å². The van der Waals surface area contributed by atoms with Crippen LogP contribution >= 0.6 is 27.3 Å². The van der Waals surface area contributed by atoms with E-state index >= 15 is 0 Å². The molecule has 0 atom stereocenters. The first kappa shape index (κ1) is 14.2. The van der Waals surface area contributed by atoms with Gasteiger partial charge in [-0.05, 0) is 17.7 Å². The van der Waals surface area contributed by atoms with E-state index in [1.54, 1.807) is 11.3 Å². The molecule has 0 fully saturated rings. The van der Waals surface area contributed by atoms with Crippen molar-refractivity contribution in [3.05, 3.63) is 76.3 Å². The summed E-state index contributed by atoms with van der Waals surface area (Å²) in [5, 5.41) is 0. The summed E-state index contributed by atoms with van der Waals surface area (Å²) >= 11 is 5.02. The number of Topliss-reactive ketones (excluding diaryl/α,β-unsaturated/α-hetero) is 1. The van der Waals surface area contributed by atoms with Gasteiger partial charge in [-0.25, -0.2) is 0 Å². The second kappa shape index (κ2) is 6.33. The molecule has 0 aliphatic carbocycles. The molecule has 2 aromatic carbocycles. The van der Waals surface area contributed by atoms with Crippen LogP contribution in [0.5, 0.6) is 0 Å². The van der Waals surface area contributed by atoms with Crippen LogP contribution < -0.4 is 4.57 Å². The molecule has 0 spiro atoms. The highest BCUT2D eigenvalue weighted by Crippen LogP contribution is 2.21. The molecule has 0 aliphatic rings. The molecule has 0 radical (unpaired) electrons. The summed E-state index contributed by atoms with van der Waals surface area (Å²) in [4.78, 5) is 13.4. The molecular weight excluding hydrogens is 346 g/mol. The van der Waals surface area contributed by atoms with Crippen molar-refractivity contribution in [2.45, 2.75) is 6.54 Å². The van der Waals surface area contributed by atoms with Crippen LogP contribution in [-0.2, 0) is 6.54 Å². The predicted octanol–water partition coefficient (Wildman–Crippen LogP) is 4.35. The highest BCUT2D eigenvalue weighted by atomic mass is 79.9. The van der Waals surface area contributed by atoms with E-state index in [2.05, 4.69) is 28.1 Å². The third-order valence-electron chi connectivity index (χ3n) is 3.15. The molecular formula is C17H13BrNOS+. The Morgan fingerprint density at radius 1 is 1.05 bits per heavy atom. The molecule has 21 heavy (non-hydrogen) atoms. The molecule has 0 unspecified atom stereocenters. The topological polar surface area (TPSA) is 20.9 Å². The zero-order valence-electron chi connectivity index (χ0n) is 11.2. The number of benzene rings is 2. The lowest BCUT2D eigenvalue weighted by molar-refractivity contribution is -0.677. The summed E-state index contributed by atoms with van der Waals surface area (Å²) < 4.78 is 2.92. The van der Waals surface area contributed by atoms with Gasteiger partial charge < -0.3 is 0 Å². The zero-order chi connectivity index (χ0) is 14.7. The van der Waals surface area contributed by atoms with Gasteiger partial charge in [-0.3, -0.25) is 4.79 Å². The number of rotatable bonds is 4. The molecule has 0 saturated carbocycles. The Labute approximate surface area is 135 Å². The molecule has 0 saturated heterocycles. The standard InChI is InChI=1S/C17H13BrNOS/c18-15-8-6-13(7-9-15)16(20)10-19-11-17(21-12-19)14-4-2-1-3-5-14/h1-9,11-12H,10H2/q+1. The maximum atomic E-state index is 12.2. The van der Waals surface area contributed by atoms with Crippen LogP contribution in [0.15, 0.2) is 70.8 Å². The Hall–Kier alpha value is -1.78. The summed E-state index contributed by atoms with van der Waals surface area (Å²) in [6.45, 7) is 0.366. The Balaban J connectivity index is 1.75. The number of hydrogen-bond donors (Lipinski definition) is 0. The van der Waals surface area contributed by atoms with Gasteiger partial charge in [-0.15, -0.1) is 0 Å². The van der Waals surface area contributed by atoms with E-state index in [-0.39, 0.29) is 5.78 Å². The Kier molecular flexibility index (Phi) is 4.27. The number of aromatic nitrogens is 1. The Morgan fingerprint density at radius 3 is 2.48 bits per heavy atom. The summed E-state index contributed by atoms with van der Waals surface area (Å²) in [7, 11) is 0. The third-order valence-corrected chi connectivity index (χ3v) is 4.65. The van der Waals surface area contributed by atoms with Crippen molar-refractivity contribution in [1.29, 1.82) is 0 Å². The van der Waals surface area contributed by atoms with Crippen molar-refractivity contribution >= 4 is 33.0 Å². The fourth-order valence-corrected chi connectivity index (χ4v) is 3.17. The van der Waals surface area contributed by atoms with Crippen LogP contribution in [0.2, 0.25) is 0 Å². The first-order valence-corrected chi connectivity index (χ1v) is 8.21. The van der Waals surface area contributed by atoms with Crippen LogP contribution in [0.3, 0.4) is 0 Å². The van der Waals surface area contributed by atoms with Gasteiger partial charge in [0, 0.05) is 10.0 Å². The molecule has 4 heteroatoms. The molecule has 104 valence electrons. The second-order valence-electron chi connectivity index (χ2n) is 4.69. The quantitative estimate of drug-likeness (QED) is 0.501. The van der Waals surface area contributed by atoms with Crippen LogP contribution in [-0.4, -0.2) is 5.78 Å². The smallest absolute Gasteiger partial charge is 0.227 e. The number of nitrogens with zero attached hydrogens (tertiary/aromatic N) is 1. The predicted molar refractivity (Wildman–Crippen MR) is 88.4 cm³/mol.